The van der Waals surface area contributed by atoms with Gasteiger partial charge in [-0.1, -0.05) is 33.6 Å². The fourth-order valence-corrected chi connectivity index (χ4v) is 4.08. The van der Waals surface area contributed by atoms with Crippen molar-refractivity contribution in [1.82, 2.24) is 5.32 Å². The molecule has 0 unspecified atom stereocenters. The summed E-state index contributed by atoms with van der Waals surface area (Å²) in [6.07, 6.45) is 1.30. The van der Waals surface area contributed by atoms with Crippen molar-refractivity contribution in [2.75, 3.05) is 4.90 Å². The van der Waals surface area contributed by atoms with E-state index in [4.69, 9.17) is 23.8 Å². The molecule has 0 bridgehead atoms. The molecule has 26 heavy (non-hydrogen) atoms. The highest BCUT2D eigenvalue weighted by atomic mass is 127. The van der Waals surface area contributed by atoms with Crippen LogP contribution in [-0.4, -0.2) is 22.0 Å². The molecular weight excluding hydrogens is 555 g/mol. The molecule has 1 aliphatic heterocycles. The van der Waals surface area contributed by atoms with Crippen molar-refractivity contribution in [1.29, 1.82) is 0 Å². The van der Waals surface area contributed by atoms with Crippen LogP contribution in [0.2, 0.25) is 5.02 Å². The van der Waals surface area contributed by atoms with Gasteiger partial charge >= 0.3 is 0 Å². The van der Waals surface area contributed by atoms with Crippen molar-refractivity contribution in [3.8, 4) is 5.75 Å². The second-order valence-electron chi connectivity index (χ2n) is 5.26. The largest absolute Gasteiger partial charge is 0.506 e. The zero-order valence-electron chi connectivity index (χ0n) is 12.8. The summed E-state index contributed by atoms with van der Waals surface area (Å²) in [5.41, 5.74) is 0.611. The van der Waals surface area contributed by atoms with E-state index in [-0.39, 0.29) is 22.0 Å². The molecule has 0 radical (unpaired) electrons. The molecule has 2 aromatic rings. The Hall–Kier alpha value is -1.49. The molecule has 5 nitrogen and oxygen atoms in total. The first-order valence-electron chi connectivity index (χ1n) is 7.13. The average Bonchev–Trinajstić information content (AvgIpc) is 2.55. The van der Waals surface area contributed by atoms with Crippen molar-refractivity contribution in [3.63, 3.8) is 0 Å². The number of anilines is 1. The van der Waals surface area contributed by atoms with Gasteiger partial charge in [0.1, 0.15) is 11.3 Å². The van der Waals surface area contributed by atoms with Crippen molar-refractivity contribution >= 4 is 91.0 Å². The molecule has 0 aromatic heterocycles. The minimum Gasteiger partial charge on any atom is -0.506 e. The number of hydrogen-bond donors (Lipinski definition) is 2. The molecular formula is C17H9BrClIN2O3S. The fraction of sp³-hybridized carbons (Fsp3) is 0. The van der Waals surface area contributed by atoms with E-state index in [0.717, 1.165) is 4.47 Å². The zero-order valence-corrected chi connectivity index (χ0v) is 18.1. The Kier molecular flexibility index (Phi) is 5.66. The summed E-state index contributed by atoms with van der Waals surface area (Å²) in [6.45, 7) is 0. The number of halogens is 3. The number of phenols is 1. The first-order valence-corrected chi connectivity index (χ1v) is 9.79. The quantitative estimate of drug-likeness (QED) is 0.248. The third kappa shape index (κ3) is 3.78. The molecule has 9 heteroatoms. The highest BCUT2D eigenvalue weighted by Gasteiger charge is 2.34. The van der Waals surface area contributed by atoms with Gasteiger partial charge < -0.3 is 5.11 Å². The molecule has 0 spiro atoms. The number of nitrogens with one attached hydrogen (secondary N) is 1. The molecule has 0 atom stereocenters. The number of carbonyl (C=O) groups is 2. The third-order valence-corrected chi connectivity index (χ3v) is 5.34. The summed E-state index contributed by atoms with van der Waals surface area (Å²) < 4.78 is 1.26. The maximum absolute atomic E-state index is 12.9. The number of phenolic OH excluding ortho intramolecular Hbond substituents is 1. The van der Waals surface area contributed by atoms with Crippen LogP contribution >= 0.6 is 62.3 Å². The van der Waals surface area contributed by atoms with Gasteiger partial charge in [-0.25, -0.2) is 0 Å². The first-order chi connectivity index (χ1) is 12.3. The van der Waals surface area contributed by atoms with Gasteiger partial charge in [0, 0.05) is 15.1 Å². The molecule has 0 aliphatic carbocycles. The SMILES string of the molecule is O=C1NC(=S)N(c2cccc(Br)c2)C(=O)/C1=C/c1cc(Cl)cc(I)c1O. The number of rotatable bonds is 2. The van der Waals surface area contributed by atoms with Gasteiger partial charge in [-0.15, -0.1) is 0 Å². The molecule has 132 valence electrons. The number of aromatic hydroxyl groups is 1. The van der Waals surface area contributed by atoms with Gasteiger partial charge in [0.15, 0.2) is 5.11 Å². The Balaban J connectivity index is 2.09. The van der Waals surface area contributed by atoms with Gasteiger partial charge in [-0.3, -0.25) is 19.8 Å². The van der Waals surface area contributed by atoms with Crippen LogP contribution in [0.5, 0.6) is 5.75 Å². The molecule has 3 rings (SSSR count). The van der Waals surface area contributed by atoms with Crippen molar-refractivity contribution in [2.24, 2.45) is 0 Å². The Labute approximate surface area is 181 Å². The van der Waals surface area contributed by atoms with Crippen molar-refractivity contribution in [2.45, 2.75) is 0 Å². The summed E-state index contributed by atoms with van der Waals surface area (Å²) >= 11 is 16.4. The third-order valence-electron chi connectivity index (χ3n) is 3.53. The molecule has 1 heterocycles. The van der Waals surface area contributed by atoms with E-state index in [0.29, 0.717) is 14.3 Å². The van der Waals surface area contributed by atoms with Crippen LogP contribution in [0.25, 0.3) is 6.08 Å². The van der Waals surface area contributed by atoms with Crippen LogP contribution in [0, 0.1) is 3.57 Å². The first kappa shape index (κ1) is 19.3. The predicted octanol–water partition coefficient (Wildman–Crippen LogP) is 4.24. The normalized spacial score (nSPS) is 16.2. The second-order valence-corrected chi connectivity index (χ2v) is 8.16. The van der Waals surface area contributed by atoms with Crippen LogP contribution in [-0.2, 0) is 9.59 Å². The van der Waals surface area contributed by atoms with E-state index < -0.39 is 11.8 Å². The molecule has 0 saturated carbocycles. The summed E-state index contributed by atoms with van der Waals surface area (Å²) in [7, 11) is 0. The molecule has 2 N–H and O–H groups in total. The highest BCUT2D eigenvalue weighted by molar-refractivity contribution is 14.1. The minimum absolute atomic E-state index is 0.0138. The Morgan fingerprint density at radius 3 is 2.69 bits per heavy atom. The van der Waals surface area contributed by atoms with E-state index in [1.54, 1.807) is 24.3 Å². The minimum atomic E-state index is -0.638. The Bertz CT molecular complexity index is 996. The van der Waals surface area contributed by atoms with Gasteiger partial charge in [0.05, 0.1) is 9.26 Å². The predicted molar refractivity (Wildman–Crippen MR) is 116 cm³/mol. The lowest BCUT2D eigenvalue weighted by Gasteiger charge is -2.29. The molecule has 1 saturated heterocycles. The number of thiocarbonyl (C=S) groups is 1. The maximum Gasteiger partial charge on any atom is 0.270 e. The highest BCUT2D eigenvalue weighted by Crippen LogP contribution is 2.31. The van der Waals surface area contributed by atoms with E-state index in [9.17, 15) is 14.7 Å². The lowest BCUT2D eigenvalue weighted by molar-refractivity contribution is -0.122. The molecule has 2 amide bonds. The van der Waals surface area contributed by atoms with E-state index in [2.05, 4.69) is 21.2 Å². The number of hydrogen-bond acceptors (Lipinski definition) is 4. The number of benzene rings is 2. The zero-order chi connectivity index (χ0) is 19.0. The molecule has 1 aliphatic rings. The number of carbonyl (C=O) groups excluding carboxylic acids is 2. The van der Waals surface area contributed by atoms with Crippen LogP contribution in [0.4, 0.5) is 5.69 Å². The van der Waals surface area contributed by atoms with E-state index in [1.165, 1.54) is 17.0 Å². The van der Waals surface area contributed by atoms with Gasteiger partial charge in [0.2, 0.25) is 0 Å². The monoisotopic (exact) mass is 562 g/mol. The fourth-order valence-electron chi connectivity index (χ4n) is 2.36. The van der Waals surface area contributed by atoms with Crippen molar-refractivity contribution in [3.05, 3.63) is 60.6 Å². The Morgan fingerprint density at radius 1 is 1.27 bits per heavy atom. The summed E-state index contributed by atoms with van der Waals surface area (Å²) in [4.78, 5) is 26.4. The van der Waals surface area contributed by atoms with Gasteiger partial charge in [-0.2, -0.15) is 0 Å². The second kappa shape index (κ2) is 7.63. The summed E-state index contributed by atoms with van der Waals surface area (Å²) in [5, 5.41) is 13.1. The molecule has 2 aromatic carbocycles. The van der Waals surface area contributed by atoms with Crippen molar-refractivity contribution < 1.29 is 14.7 Å². The number of amides is 2. The van der Waals surface area contributed by atoms with Crippen LogP contribution in [0.15, 0.2) is 46.4 Å². The lowest BCUT2D eigenvalue weighted by Crippen LogP contribution is -2.54. The van der Waals surface area contributed by atoms with E-state index in [1.807, 2.05) is 28.7 Å². The lowest BCUT2D eigenvalue weighted by atomic mass is 10.1. The Morgan fingerprint density at radius 2 is 2.00 bits per heavy atom. The van der Waals surface area contributed by atoms with Crippen LogP contribution < -0.4 is 10.2 Å². The van der Waals surface area contributed by atoms with Crippen LogP contribution in [0.1, 0.15) is 5.56 Å². The topological polar surface area (TPSA) is 69.6 Å². The van der Waals surface area contributed by atoms with Crippen LogP contribution in [0.3, 0.4) is 0 Å². The summed E-state index contributed by atoms with van der Waals surface area (Å²) in [6, 6.07) is 10.0. The van der Waals surface area contributed by atoms with E-state index >= 15 is 0 Å². The van der Waals surface area contributed by atoms with Gasteiger partial charge in [0.25, 0.3) is 11.8 Å². The number of nitrogens with zero attached hydrogens (tertiary/aromatic N) is 1. The van der Waals surface area contributed by atoms with Gasteiger partial charge in [-0.05, 0) is 71.2 Å². The average molecular weight is 564 g/mol. The standard InChI is InChI=1S/C17H9BrClIN2O3S/c18-9-2-1-3-11(6-9)22-16(25)12(15(24)21-17(22)26)5-8-4-10(19)7-13(20)14(8)23/h1-7,23H,(H,21,24,26)/b12-5+. The smallest absolute Gasteiger partial charge is 0.270 e. The summed E-state index contributed by atoms with van der Waals surface area (Å²) in [5.74, 6) is -1.29. The maximum atomic E-state index is 12.9. The molecule has 1 fully saturated rings.